The van der Waals surface area contributed by atoms with Crippen molar-refractivity contribution in [3.05, 3.63) is 36.2 Å². The molecule has 2 aromatic rings. The smallest absolute Gasteiger partial charge is 0.0890 e. The van der Waals surface area contributed by atoms with E-state index in [1.807, 2.05) is 0 Å². The number of aromatic nitrogens is 2. The lowest BCUT2D eigenvalue weighted by Gasteiger charge is -2.19. The Morgan fingerprint density at radius 2 is 1.79 bits per heavy atom. The Hall–Kier alpha value is -1.48. The predicted octanol–water partition coefficient (Wildman–Crippen LogP) is 3.72. The zero-order valence-electron chi connectivity index (χ0n) is 12.1. The van der Waals surface area contributed by atoms with Crippen LogP contribution in [-0.4, -0.2) is 16.5 Å². The normalized spacial score (nSPS) is 13.1. The zero-order chi connectivity index (χ0) is 13.7. The summed E-state index contributed by atoms with van der Waals surface area (Å²) in [5.74, 6) is 0.737. The maximum absolute atomic E-state index is 4.39. The van der Waals surface area contributed by atoms with E-state index in [1.165, 1.54) is 12.0 Å². The van der Waals surface area contributed by atoms with Crippen molar-refractivity contribution >= 4 is 11.0 Å². The Balaban J connectivity index is 2.22. The van der Waals surface area contributed by atoms with E-state index in [9.17, 15) is 0 Å². The van der Waals surface area contributed by atoms with Crippen LogP contribution in [0.15, 0.2) is 30.6 Å². The lowest BCUT2D eigenvalue weighted by atomic mass is 9.97. The van der Waals surface area contributed by atoms with Gasteiger partial charge in [-0.3, -0.25) is 9.97 Å². The van der Waals surface area contributed by atoms with Crippen molar-refractivity contribution < 1.29 is 0 Å². The van der Waals surface area contributed by atoms with Crippen LogP contribution < -0.4 is 5.32 Å². The SMILES string of the molecule is CCNC(CCC(C)C)c1ccc2nccnc2c1. The van der Waals surface area contributed by atoms with Gasteiger partial charge < -0.3 is 5.32 Å². The van der Waals surface area contributed by atoms with Gasteiger partial charge in [-0.25, -0.2) is 0 Å². The summed E-state index contributed by atoms with van der Waals surface area (Å²) < 4.78 is 0. The van der Waals surface area contributed by atoms with Crippen LogP contribution in [0.5, 0.6) is 0 Å². The molecule has 1 aromatic heterocycles. The molecule has 0 bridgehead atoms. The van der Waals surface area contributed by atoms with E-state index < -0.39 is 0 Å². The first-order valence-electron chi connectivity index (χ1n) is 7.14. The van der Waals surface area contributed by atoms with Gasteiger partial charge >= 0.3 is 0 Å². The van der Waals surface area contributed by atoms with Crippen LogP contribution >= 0.6 is 0 Å². The number of nitrogens with one attached hydrogen (secondary N) is 1. The van der Waals surface area contributed by atoms with E-state index in [0.29, 0.717) is 6.04 Å². The second-order valence-corrected chi connectivity index (χ2v) is 5.39. The molecule has 0 aliphatic rings. The molecule has 0 radical (unpaired) electrons. The van der Waals surface area contributed by atoms with Crippen LogP contribution in [0.4, 0.5) is 0 Å². The molecule has 2 rings (SSSR count). The number of hydrogen-bond acceptors (Lipinski definition) is 3. The van der Waals surface area contributed by atoms with Crippen LogP contribution in [0.1, 0.15) is 45.2 Å². The van der Waals surface area contributed by atoms with Gasteiger partial charge in [-0.2, -0.15) is 0 Å². The highest BCUT2D eigenvalue weighted by Gasteiger charge is 2.11. The van der Waals surface area contributed by atoms with E-state index in [-0.39, 0.29) is 0 Å². The Bertz CT molecular complexity index is 522. The molecule has 1 unspecified atom stereocenters. The number of benzene rings is 1. The van der Waals surface area contributed by atoms with E-state index in [2.05, 4.69) is 54.3 Å². The quantitative estimate of drug-likeness (QED) is 0.857. The topological polar surface area (TPSA) is 37.8 Å². The van der Waals surface area contributed by atoms with Crippen molar-refractivity contribution in [2.24, 2.45) is 5.92 Å². The highest BCUT2D eigenvalue weighted by atomic mass is 14.9. The summed E-state index contributed by atoms with van der Waals surface area (Å²) in [6, 6.07) is 6.82. The molecule has 3 heteroatoms. The second-order valence-electron chi connectivity index (χ2n) is 5.39. The maximum Gasteiger partial charge on any atom is 0.0890 e. The van der Waals surface area contributed by atoms with Crippen molar-refractivity contribution in [2.75, 3.05) is 6.54 Å². The first-order valence-corrected chi connectivity index (χ1v) is 7.14. The number of nitrogens with zero attached hydrogens (tertiary/aromatic N) is 2. The van der Waals surface area contributed by atoms with Gasteiger partial charge in [0.1, 0.15) is 0 Å². The van der Waals surface area contributed by atoms with E-state index in [1.54, 1.807) is 12.4 Å². The van der Waals surface area contributed by atoms with E-state index in [0.717, 1.165) is 29.9 Å². The molecule has 0 saturated heterocycles. The predicted molar refractivity (Wildman–Crippen MR) is 80.0 cm³/mol. The second kappa shape index (κ2) is 6.62. The molecule has 1 heterocycles. The van der Waals surface area contributed by atoms with Gasteiger partial charge in [0.15, 0.2) is 0 Å². The minimum absolute atomic E-state index is 0.416. The summed E-state index contributed by atoms with van der Waals surface area (Å²) in [6.45, 7) is 7.69. The molecule has 0 saturated carbocycles. The van der Waals surface area contributed by atoms with Crippen molar-refractivity contribution in [3.8, 4) is 0 Å². The fourth-order valence-electron chi connectivity index (χ4n) is 2.33. The van der Waals surface area contributed by atoms with Crippen molar-refractivity contribution in [3.63, 3.8) is 0 Å². The van der Waals surface area contributed by atoms with Gasteiger partial charge in [0, 0.05) is 18.4 Å². The van der Waals surface area contributed by atoms with Gasteiger partial charge in [-0.15, -0.1) is 0 Å². The van der Waals surface area contributed by atoms with Gasteiger partial charge in [-0.1, -0.05) is 26.8 Å². The standard InChI is InChI=1S/C16H23N3/c1-4-17-14(7-5-12(2)3)13-6-8-15-16(11-13)19-10-9-18-15/h6,8-12,14,17H,4-5,7H2,1-3H3. The van der Waals surface area contributed by atoms with Crippen molar-refractivity contribution in [1.29, 1.82) is 0 Å². The summed E-state index contributed by atoms with van der Waals surface area (Å²) in [5.41, 5.74) is 3.26. The molecule has 19 heavy (non-hydrogen) atoms. The van der Waals surface area contributed by atoms with Crippen LogP contribution in [0.2, 0.25) is 0 Å². The highest BCUT2D eigenvalue weighted by molar-refractivity contribution is 5.74. The molecule has 102 valence electrons. The molecule has 0 aliphatic heterocycles. The average Bonchev–Trinajstić information content (AvgIpc) is 2.42. The third kappa shape index (κ3) is 3.74. The average molecular weight is 257 g/mol. The monoisotopic (exact) mass is 257 g/mol. The molecule has 3 nitrogen and oxygen atoms in total. The van der Waals surface area contributed by atoms with Crippen molar-refractivity contribution in [2.45, 2.75) is 39.7 Å². The Morgan fingerprint density at radius 3 is 2.47 bits per heavy atom. The molecule has 1 atom stereocenters. The van der Waals surface area contributed by atoms with Crippen LogP contribution in [0, 0.1) is 5.92 Å². The van der Waals surface area contributed by atoms with E-state index >= 15 is 0 Å². The summed E-state index contributed by atoms with van der Waals surface area (Å²) in [7, 11) is 0. The number of fused-ring (bicyclic) bond motifs is 1. The number of rotatable bonds is 6. The molecule has 1 N–H and O–H groups in total. The third-order valence-corrected chi connectivity index (χ3v) is 3.38. The zero-order valence-corrected chi connectivity index (χ0v) is 12.1. The van der Waals surface area contributed by atoms with Gasteiger partial charge in [0.05, 0.1) is 11.0 Å². The maximum atomic E-state index is 4.39. The summed E-state index contributed by atoms with van der Waals surface area (Å²) in [4.78, 5) is 8.71. The molecule has 0 spiro atoms. The first-order chi connectivity index (χ1) is 9.20. The van der Waals surface area contributed by atoms with E-state index in [4.69, 9.17) is 0 Å². The molecule has 0 amide bonds. The van der Waals surface area contributed by atoms with Crippen LogP contribution in [0.3, 0.4) is 0 Å². The fourth-order valence-corrected chi connectivity index (χ4v) is 2.33. The van der Waals surface area contributed by atoms with Gasteiger partial charge in [0.25, 0.3) is 0 Å². The summed E-state index contributed by atoms with van der Waals surface area (Å²) in [6.07, 6.45) is 5.89. The third-order valence-electron chi connectivity index (χ3n) is 3.38. The summed E-state index contributed by atoms with van der Waals surface area (Å²) in [5, 5.41) is 3.57. The fraction of sp³-hybridized carbons (Fsp3) is 0.500. The highest BCUT2D eigenvalue weighted by Crippen LogP contribution is 2.23. The molecular formula is C16H23N3. The Morgan fingerprint density at radius 1 is 1.05 bits per heavy atom. The van der Waals surface area contributed by atoms with Crippen LogP contribution in [-0.2, 0) is 0 Å². The van der Waals surface area contributed by atoms with Crippen molar-refractivity contribution in [1.82, 2.24) is 15.3 Å². The molecule has 1 aromatic carbocycles. The molecule has 0 aliphatic carbocycles. The minimum atomic E-state index is 0.416. The lowest BCUT2D eigenvalue weighted by Crippen LogP contribution is -2.21. The minimum Gasteiger partial charge on any atom is -0.310 e. The van der Waals surface area contributed by atoms with Gasteiger partial charge in [-0.05, 0) is 43.0 Å². The molecular weight excluding hydrogens is 234 g/mol. The molecule has 0 fully saturated rings. The lowest BCUT2D eigenvalue weighted by molar-refractivity contribution is 0.449. The van der Waals surface area contributed by atoms with Gasteiger partial charge in [0.2, 0.25) is 0 Å². The van der Waals surface area contributed by atoms with Crippen LogP contribution in [0.25, 0.3) is 11.0 Å². The summed E-state index contributed by atoms with van der Waals surface area (Å²) >= 11 is 0. The Kier molecular flexibility index (Phi) is 4.86. The first kappa shape index (κ1) is 13.9. The Labute approximate surface area is 115 Å². The largest absolute Gasteiger partial charge is 0.310 e. The number of hydrogen-bond donors (Lipinski definition) is 1.